The number of hydrogen-bond donors (Lipinski definition) is 0. The topological polar surface area (TPSA) is 0 Å². The number of hydrogen-bond acceptors (Lipinski definition) is 0. The zero-order chi connectivity index (χ0) is 11.1. The first kappa shape index (κ1) is 11.5. The fourth-order valence-electron chi connectivity index (χ4n) is 1.37. The Bertz CT molecular complexity index is 381. The molecule has 78 valence electrons. The molecule has 0 heteroatoms. The van der Waals surface area contributed by atoms with Crippen molar-refractivity contribution in [1.29, 1.82) is 0 Å². The Labute approximate surface area is 92.6 Å². The second-order valence-corrected chi connectivity index (χ2v) is 3.60. The standard InChI is InChI=1S/C15H18/c1-4-5-6-7-10-14(3)15-11-8-9-13(2)12-15/h4-5,7-12H,3,6H2,1-2H3/b5-4-,10-7+. The summed E-state index contributed by atoms with van der Waals surface area (Å²) < 4.78 is 0. The van der Waals surface area contributed by atoms with Crippen molar-refractivity contribution in [1.82, 2.24) is 0 Å². The number of aryl methyl sites for hydroxylation is 1. The maximum Gasteiger partial charge on any atom is -0.0166 e. The lowest BCUT2D eigenvalue weighted by Gasteiger charge is -2.01. The molecule has 1 aromatic rings. The highest BCUT2D eigenvalue weighted by atomic mass is 14.0. The zero-order valence-electron chi connectivity index (χ0n) is 9.53. The summed E-state index contributed by atoms with van der Waals surface area (Å²) in [5.41, 5.74) is 3.55. The van der Waals surface area contributed by atoms with Gasteiger partial charge in [-0.3, -0.25) is 0 Å². The lowest BCUT2D eigenvalue weighted by atomic mass is 10.0. The predicted molar refractivity (Wildman–Crippen MR) is 68.8 cm³/mol. The Morgan fingerprint density at radius 3 is 2.80 bits per heavy atom. The lowest BCUT2D eigenvalue weighted by Crippen LogP contribution is -1.80. The number of rotatable bonds is 4. The van der Waals surface area contributed by atoms with Crippen LogP contribution in [0.5, 0.6) is 0 Å². The van der Waals surface area contributed by atoms with Crippen LogP contribution in [0.1, 0.15) is 24.5 Å². The first-order valence-electron chi connectivity index (χ1n) is 5.27. The normalized spacial score (nSPS) is 11.3. The fourth-order valence-corrected chi connectivity index (χ4v) is 1.37. The van der Waals surface area contributed by atoms with Gasteiger partial charge in [0.1, 0.15) is 0 Å². The molecule has 0 nitrogen and oxygen atoms in total. The van der Waals surface area contributed by atoms with Crippen molar-refractivity contribution in [3.05, 3.63) is 66.3 Å². The molecule has 0 aromatic heterocycles. The average Bonchev–Trinajstić information content (AvgIpc) is 2.24. The molecule has 0 aliphatic carbocycles. The summed E-state index contributed by atoms with van der Waals surface area (Å²) in [5, 5.41) is 0. The summed E-state index contributed by atoms with van der Waals surface area (Å²) in [6.07, 6.45) is 9.36. The van der Waals surface area contributed by atoms with Gasteiger partial charge in [-0.25, -0.2) is 0 Å². The van der Waals surface area contributed by atoms with Crippen LogP contribution >= 0.6 is 0 Å². The summed E-state index contributed by atoms with van der Waals surface area (Å²) >= 11 is 0. The van der Waals surface area contributed by atoms with Crippen LogP contribution in [0.25, 0.3) is 5.57 Å². The van der Waals surface area contributed by atoms with Crippen LogP contribution in [-0.2, 0) is 0 Å². The smallest absolute Gasteiger partial charge is 0.0166 e. The first-order chi connectivity index (χ1) is 7.24. The van der Waals surface area contributed by atoms with Gasteiger partial charge in [0, 0.05) is 0 Å². The van der Waals surface area contributed by atoms with E-state index < -0.39 is 0 Å². The monoisotopic (exact) mass is 198 g/mol. The van der Waals surface area contributed by atoms with Gasteiger partial charge in [0.15, 0.2) is 0 Å². The van der Waals surface area contributed by atoms with Gasteiger partial charge in [-0.2, -0.15) is 0 Å². The summed E-state index contributed by atoms with van der Waals surface area (Å²) in [6.45, 7) is 8.18. The van der Waals surface area contributed by atoms with E-state index in [2.05, 4.69) is 62.1 Å². The minimum absolute atomic E-state index is 0.974. The maximum absolute atomic E-state index is 4.05. The van der Waals surface area contributed by atoms with Gasteiger partial charge in [0.05, 0.1) is 0 Å². The molecule has 0 fully saturated rings. The molecule has 0 heterocycles. The van der Waals surface area contributed by atoms with Crippen molar-refractivity contribution in [2.24, 2.45) is 0 Å². The third-order valence-electron chi connectivity index (χ3n) is 2.22. The summed E-state index contributed by atoms with van der Waals surface area (Å²) in [5.74, 6) is 0. The van der Waals surface area contributed by atoms with E-state index in [1.54, 1.807) is 0 Å². The highest BCUT2D eigenvalue weighted by Gasteiger charge is 1.93. The van der Waals surface area contributed by atoms with Crippen LogP contribution in [0, 0.1) is 6.92 Å². The summed E-state index contributed by atoms with van der Waals surface area (Å²) in [6, 6.07) is 8.41. The van der Waals surface area contributed by atoms with E-state index >= 15 is 0 Å². The number of benzene rings is 1. The largest absolute Gasteiger partial charge is 0.0914 e. The van der Waals surface area contributed by atoms with Crippen LogP contribution in [0.4, 0.5) is 0 Å². The van der Waals surface area contributed by atoms with Crippen molar-refractivity contribution in [2.45, 2.75) is 20.3 Å². The van der Waals surface area contributed by atoms with Crippen LogP contribution in [0.3, 0.4) is 0 Å². The average molecular weight is 198 g/mol. The Morgan fingerprint density at radius 1 is 1.33 bits per heavy atom. The quantitative estimate of drug-likeness (QED) is 0.492. The third-order valence-corrected chi connectivity index (χ3v) is 2.22. The SMILES string of the molecule is C=C(/C=C/C/C=C\C)c1cccc(C)c1. The van der Waals surface area contributed by atoms with E-state index in [0.29, 0.717) is 0 Å². The van der Waals surface area contributed by atoms with Gasteiger partial charge in [0.25, 0.3) is 0 Å². The van der Waals surface area contributed by atoms with Crippen molar-refractivity contribution < 1.29 is 0 Å². The van der Waals surface area contributed by atoms with Gasteiger partial charge >= 0.3 is 0 Å². The van der Waals surface area contributed by atoms with Crippen LogP contribution in [-0.4, -0.2) is 0 Å². The van der Waals surface area contributed by atoms with Crippen LogP contribution < -0.4 is 0 Å². The fraction of sp³-hybridized carbons (Fsp3) is 0.200. The molecule has 1 aromatic carbocycles. The predicted octanol–water partition coefficient (Wildman–Crippen LogP) is 4.53. The maximum atomic E-state index is 4.05. The van der Waals surface area contributed by atoms with Gasteiger partial charge < -0.3 is 0 Å². The molecule has 0 amide bonds. The molecule has 0 bridgehead atoms. The van der Waals surface area contributed by atoms with Crippen molar-refractivity contribution in [3.8, 4) is 0 Å². The molecule has 0 N–H and O–H groups in total. The minimum Gasteiger partial charge on any atom is -0.0914 e. The molecule has 0 saturated heterocycles. The van der Waals surface area contributed by atoms with E-state index in [0.717, 1.165) is 12.0 Å². The Kier molecular flexibility index (Phi) is 4.62. The molecule has 0 saturated carbocycles. The van der Waals surface area contributed by atoms with E-state index in [9.17, 15) is 0 Å². The molecular weight excluding hydrogens is 180 g/mol. The molecule has 0 spiro atoms. The van der Waals surface area contributed by atoms with Gasteiger partial charge in [-0.05, 0) is 31.4 Å². The Morgan fingerprint density at radius 2 is 2.13 bits per heavy atom. The van der Waals surface area contributed by atoms with E-state index in [4.69, 9.17) is 0 Å². The Hall–Kier alpha value is -1.56. The van der Waals surface area contributed by atoms with Gasteiger partial charge in [-0.15, -0.1) is 0 Å². The molecular formula is C15H18. The minimum atomic E-state index is 0.974. The summed E-state index contributed by atoms with van der Waals surface area (Å²) in [7, 11) is 0. The second kappa shape index (κ2) is 6.02. The van der Waals surface area contributed by atoms with E-state index in [-0.39, 0.29) is 0 Å². The molecule has 0 aliphatic heterocycles. The number of allylic oxidation sites excluding steroid dienone is 5. The van der Waals surface area contributed by atoms with Crippen molar-refractivity contribution in [3.63, 3.8) is 0 Å². The first-order valence-corrected chi connectivity index (χ1v) is 5.27. The summed E-state index contributed by atoms with van der Waals surface area (Å²) in [4.78, 5) is 0. The third kappa shape index (κ3) is 3.99. The lowest BCUT2D eigenvalue weighted by molar-refractivity contribution is 1.38. The van der Waals surface area contributed by atoms with Gasteiger partial charge in [-0.1, -0.05) is 60.7 Å². The molecule has 0 atom stereocenters. The molecule has 1 rings (SSSR count). The molecule has 0 unspecified atom stereocenters. The Balaban J connectivity index is 2.65. The van der Waals surface area contributed by atoms with Gasteiger partial charge in [0.2, 0.25) is 0 Å². The molecule has 0 radical (unpaired) electrons. The molecule has 0 aliphatic rings. The highest BCUT2D eigenvalue weighted by Crippen LogP contribution is 2.15. The van der Waals surface area contributed by atoms with Crippen LogP contribution in [0.2, 0.25) is 0 Å². The van der Waals surface area contributed by atoms with Crippen molar-refractivity contribution in [2.75, 3.05) is 0 Å². The van der Waals surface area contributed by atoms with E-state index in [1.165, 1.54) is 11.1 Å². The van der Waals surface area contributed by atoms with Crippen LogP contribution in [0.15, 0.2) is 55.1 Å². The van der Waals surface area contributed by atoms with Crippen molar-refractivity contribution >= 4 is 5.57 Å². The second-order valence-electron chi connectivity index (χ2n) is 3.60. The zero-order valence-corrected chi connectivity index (χ0v) is 9.53. The molecule has 15 heavy (non-hydrogen) atoms. The highest BCUT2D eigenvalue weighted by molar-refractivity contribution is 5.72. The van der Waals surface area contributed by atoms with E-state index in [1.807, 2.05) is 6.92 Å².